The van der Waals surface area contributed by atoms with Crippen LogP contribution in [0.15, 0.2) is 12.2 Å². The fourth-order valence-corrected chi connectivity index (χ4v) is 9.24. The van der Waals surface area contributed by atoms with Crippen molar-refractivity contribution in [2.24, 2.45) is 0 Å². The molecule has 0 saturated carbocycles. The zero-order chi connectivity index (χ0) is 52.0. The average Bonchev–Trinajstić information content (AvgIpc) is 3.34. The van der Waals surface area contributed by atoms with Gasteiger partial charge in [-0.2, -0.15) is 0 Å². The Labute approximate surface area is 440 Å². The molecular formula is C62H119NO8. The lowest BCUT2D eigenvalue weighted by Gasteiger charge is -2.26. The third-order valence-electron chi connectivity index (χ3n) is 14.0. The van der Waals surface area contributed by atoms with Crippen LogP contribution >= 0.6 is 0 Å². The van der Waals surface area contributed by atoms with Gasteiger partial charge in [-0.05, 0) is 38.5 Å². The van der Waals surface area contributed by atoms with Crippen molar-refractivity contribution in [3.05, 3.63) is 12.2 Å². The van der Waals surface area contributed by atoms with E-state index in [-0.39, 0.29) is 32.2 Å². The molecule has 0 aromatic heterocycles. The second-order valence-electron chi connectivity index (χ2n) is 22.4. The number of nitrogens with zero attached hydrogens (tertiary/aromatic N) is 1. The van der Waals surface area contributed by atoms with E-state index in [0.29, 0.717) is 17.4 Å². The quantitative estimate of drug-likeness (QED) is 0.0195. The fraction of sp³-hybridized carbons (Fsp3) is 0.919. The molecule has 0 spiro atoms. The second-order valence-corrected chi connectivity index (χ2v) is 22.4. The zero-order valence-corrected chi connectivity index (χ0v) is 47.9. The highest BCUT2D eigenvalue weighted by Gasteiger charge is 2.22. The van der Waals surface area contributed by atoms with Crippen molar-refractivity contribution in [2.45, 2.75) is 322 Å². The maximum atomic E-state index is 12.9. The van der Waals surface area contributed by atoms with E-state index in [4.69, 9.17) is 18.9 Å². The van der Waals surface area contributed by atoms with Crippen molar-refractivity contribution in [1.82, 2.24) is 0 Å². The predicted molar refractivity (Wildman–Crippen MR) is 297 cm³/mol. The number of esters is 2. The molecule has 0 heterocycles. The molecule has 2 unspecified atom stereocenters. The molecule has 0 amide bonds. The number of unbranched alkanes of at least 4 members (excludes halogenated alkanes) is 41. The van der Waals surface area contributed by atoms with E-state index in [1.807, 2.05) is 21.1 Å². The second kappa shape index (κ2) is 54.3. The normalized spacial score (nSPS) is 12.7. The van der Waals surface area contributed by atoms with Crippen LogP contribution in [0.25, 0.3) is 0 Å². The first-order chi connectivity index (χ1) is 34.6. The number of carbonyl (C=O) groups is 3. The van der Waals surface area contributed by atoms with Gasteiger partial charge < -0.3 is 33.3 Å². The maximum absolute atomic E-state index is 12.9. The number of carboxylic acid groups (broad SMARTS) is 1. The first kappa shape index (κ1) is 69.0. The lowest BCUT2D eigenvalue weighted by atomic mass is 10.0. The summed E-state index contributed by atoms with van der Waals surface area (Å²) < 4.78 is 22.8. The number of ether oxygens (including phenoxy) is 4. The van der Waals surface area contributed by atoms with E-state index in [2.05, 4.69) is 26.0 Å². The van der Waals surface area contributed by atoms with E-state index in [1.54, 1.807) is 0 Å². The van der Waals surface area contributed by atoms with Crippen molar-refractivity contribution in [1.29, 1.82) is 0 Å². The molecule has 0 radical (unpaired) electrons. The molecule has 0 rings (SSSR count). The van der Waals surface area contributed by atoms with Crippen molar-refractivity contribution in [2.75, 3.05) is 47.5 Å². The molecule has 2 atom stereocenters. The minimum absolute atomic E-state index is 0.152. The smallest absolute Gasteiger partial charge is 0.306 e. The zero-order valence-electron chi connectivity index (χ0n) is 47.9. The molecule has 9 heteroatoms. The molecule has 0 aliphatic rings. The van der Waals surface area contributed by atoms with Gasteiger partial charge in [-0.3, -0.25) is 9.59 Å². The van der Waals surface area contributed by atoms with Gasteiger partial charge in [-0.15, -0.1) is 0 Å². The van der Waals surface area contributed by atoms with Crippen LogP contribution < -0.4 is 5.11 Å². The van der Waals surface area contributed by atoms with Crippen LogP contribution in [0.5, 0.6) is 0 Å². The molecule has 0 fully saturated rings. The van der Waals surface area contributed by atoms with E-state index in [0.717, 1.165) is 38.5 Å². The Morgan fingerprint density at radius 3 is 1.04 bits per heavy atom. The summed E-state index contributed by atoms with van der Waals surface area (Å²) in [6.45, 7) is 4.81. The van der Waals surface area contributed by atoms with Crippen molar-refractivity contribution in [3.63, 3.8) is 0 Å². The fourth-order valence-electron chi connectivity index (χ4n) is 9.24. The van der Waals surface area contributed by atoms with Gasteiger partial charge in [0.25, 0.3) is 0 Å². The number of rotatable bonds is 58. The van der Waals surface area contributed by atoms with Gasteiger partial charge in [0.1, 0.15) is 13.2 Å². The lowest BCUT2D eigenvalue weighted by molar-refractivity contribution is -0.870. The monoisotopic (exact) mass is 1010 g/mol. The summed E-state index contributed by atoms with van der Waals surface area (Å²) in [4.78, 5) is 37.3. The Bertz CT molecular complexity index is 1170. The summed E-state index contributed by atoms with van der Waals surface area (Å²) in [5.74, 6) is -2.25. The Kier molecular flexibility index (Phi) is 52.8. The average molecular weight is 1010 g/mol. The molecule has 0 aliphatic carbocycles. The number of carbonyl (C=O) groups excluding carboxylic acids is 3. The summed E-state index contributed by atoms with van der Waals surface area (Å²) >= 11 is 0. The summed E-state index contributed by atoms with van der Waals surface area (Å²) in [5.41, 5.74) is 0. The van der Waals surface area contributed by atoms with Crippen LogP contribution in [0.1, 0.15) is 309 Å². The molecule has 420 valence electrons. The van der Waals surface area contributed by atoms with Crippen LogP contribution in [0.3, 0.4) is 0 Å². The van der Waals surface area contributed by atoms with Crippen LogP contribution in [0.4, 0.5) is 0 Å². The van der Waals surface area contributed by atoms with Gasteiger partial charge in [0.2, 0.25) is 0 Å². The number of allylic oxidation sites excluding steroid dienone is 2. The van der Waals surface area contributed by atoms with E-state index < -0.39 is 24.3 Å². The molecular weight excluding hydrogens is 887 g/mol. The molecule has 0 aromatic carbocycles. The largest absolute Gasteiger partial charge is 0.545 e. The number of hydrogen-bond acceptors (Lipinski definition) is 8. The molecule has 0 N–H and O–H groups in total. The highest BCUT2D eigenvalue weighted by molar-refractivity contribution is 5.70. The number of aliphatic carboxylic acids is 1. The van der Waals surface area contributed by atoms with Crippen LogP contribution in [-0.4, -0.2) is 82.3 Å². The minimum Gasteiger partial charge on any atom is -0.545 e. The first-order valence-electron chi connectivity index (χ1n) is 30.8. The standard InChI is InChI=1S/C62H119NO8/c1-6-8-10-12-14-16-18-20-22-24-26-27-28-29-30-31-32-33-35-37-39-41-43-45-47-49-51-53-60(65)71-58(57-70-62(61(66)67)68-55-54-63(3,4)5)56-69-59(64)52-50-48-46-44-42-40-38-36-34-25-23-21-19-17-15-13-11-9-7-2/h24,26,58,62H,6-23,25,27-57H2,1-5H3/b26-24-. The molecule has 0 saturated heterocycles. The molecule has 0 bridgehead atoms. The Balaban J connectivity index is 4.14. The minimum atomic E-state index is -1.62. The molecule has 9 nitrogen and oxygen atoms in total. The third-order valence-corrected chi connectivity index (χ3v) is 14.0. The van der Waals surface area contributed by atoms with Crippen LogP contribution in [-0.2, 0) is 33.3 Å². The predicted octanol–water partition coefficient (Wildman–Crippen LogP) is 16.8. The van der Waals surface area contributed by atoms with Gasteiger partial charge in [0.15, 0.2) is 12.4 Å². The topological polar surface area (TPSA) is 111 Å². The number of hydrogen-bond donors (Lipinski definition) is 0. The summed E-state index contributed by atoms with van der Waals surface area (Å²) in [7, 11) is 5.94. The van der Waals surface area contributed by atoms with Gasteiger partial charge in [-0.25, -0.2) is 0 Å². The van der Waals surface area contributed by atoms with Crippen molar-refractivity contribution < 1.29 is 42.9 Å². The summed E-state index contributed by atoms with van der Waals surface area (Å²) in [6.07, 6.45) is 59.8. The van der Waals surface area contributed by atoms with Crippen molar-refractivity contribution >= 4 is 17.9 Å². The van der Waals surface area contributed by atoms with E-state index in [9.17, 15) is 19.5 Å². The van der Waals surface area contributed by atoms with Gasteiger partial charge in [0.05, 0.1) is 40.3 Å². The third kappa shape index (κ3) is 55.6. The summed E-state index contributed by atoms with van der Waals surface area (Å²) in [5, 5.41) is 11.8. The Hall–Kier alpha value is -1.97. The first-order valence-corrected chi connectivity index (χ1v) is 30.8. The number of likely N-dealkylation sites (N-methyl/N-ethyl adjacent to an activating group) is 1. The van der Waals surface area contributed by atoms with Gasteiger partial charge in [0, 0.05) is 12.8 Å². The highest BCUT2D eigenvalue weighted by atomic mass is 16.7. The van der Waals surface area contributed by atoms with Gasteiger partial charge >= 0.3 is 11.9 Å². The van der Waals surface area contributed by atoms with Crippen LogP contribution in [0, 0.1) is 0 Å². The van der Waals surface area contributed by atoms with Crippen molar-refractivity contribution in [3.8, 4) is 0 Å². The summed E-state index contributed by atoms with van der Waals surface area (Å²) in [6, 6.07) is 0. The number of carboxylic acids is 1. The lowest BCUT2D eigenvalue weighted by Crippen LogP contribution is -2.44. The molecule has 0 aliphatic heterocycles. The SMILES string of the molecule is CCCCCCCCCC/C=C\CCCCCCCCCCCCCCCCCC(=O)OC(COC(=O)CCCCCCCCCCCCCCCCCCCCC)COC(OCC[N+](C)(C)C)C(=O)[O-]. The Morgan fingerprint density at radius 1 is 0.408 bits per heavy atom. The molecule has 0 aromatic rings. The number of quaternary nitrogens is 1. The molecule has 71 heavy (non-hydrogen) atoms. The maximum Gasteiger partial charge on any atom is 0.306 e. The van der Waals surface area contributed by atoms with Crippen LogP contribution in [0.2, 0.25) is 0 Å². The van der Waals surface area contributed by atoms with E-state index >= 15 is 0 Å². The van der Waals surface area contributed by atoms with Gasteiger partial charge in [-0.1, -0.05) is 270 Å². The van der Waals surface area contributed by atoms with E-state index in [1.165, 1.54) is 244 Å². The highest BCUT2D eigenvalue weighted by Crippen LogP contribution is 2.18. The Morgan fingerprint density at radius 2 is 0.718 bits per heavy atom.